The molecular formula is C27H26INO7S. The predicted molar refractivity (Wildman–Crippen MR) is 150 cm³/mol. The zero-order valence-electron chi connectivity index (χ0n) is 19.9. The quantitative estimate of drug-likeness (QED) is 0.106. The second kappa shape index (κ2) is 13.9. The average Bonchev–Trinajstić information content (AvgIpc) is 2.89. The number of Topliss-reactive ketones (excluding diaryl/α,β-unsaturated/α-hetero) is 1. The Balaban J connectivity index is 1.90. The van der Waals surface area contributed by atoms with Crippen molar-refractivity contribution in [3.63, 3.8) is 0 Å². The van der Waals surface area contributed by atoms with E-state index in [0.717, 1.165) is 3.57 Å². The summed E-state index contributed by atoms with van der Waals surface area (Å²) in [5.74, 6) is -0.247. The van der Waals surface area contributed by atoms with E-state index in [1.165, 1.54) is 13.0 Å². The largest absolute Gasteiger partial charge is 0.508 e. The number of carbonyl (C=O) groups is 3. The van der Waals surface area contributed by atoms with Gasteiger partial charge in [0.25, 0.3) is 0 Å². The Labute approximate surface area is 233 Å². The molecule has 37 heavy (non-hydrogen) atoms. The molecule has 0 fully saturated rings. The van der Waals surface area contributed by atoms with E-state index in [9.17, 15) is 19.5 Å². The lowest BCUT2D eigenvalue weighted by molar-refractivity contribution is -0.141. The molecule has 3 aromatic rings. The summed E-state index contributed by atoms with van der Waals surface area (Å²) >= 11 is 6.01. The molecule has 1 amide bonds. The van der Waals surface area contributed by atoms with E-state index in [-0.39, 0.29) is 30.3 Å². The minimum atomic E-state index is -1.07. The standard InChI is InChI=1S/C27H26INO7S/c1-17(30)18-7-10-20(11-8-18)29-27(33)36-26(22-15-19(28)9-12-23(22)31)24(13-14-34-25(32)16-37)35-21-5-3-2-4-6-21/h2-12,15,24,26,31,37H,13-14,16H2,1H3,(H,29,33)/t24-,26-/m1/s1. The number of hydrogen-bond acceptors (Lipinski definition) is 8. The number of carbonyl (C=O) groups excluding carboxylic acids is 3. The van der Waals surface area contributed by atoms with E-state index in [1.807, 2.05) is 6.07 Å². The van der Waals surface area contributed by atoms with E-state index in [0.29, 0.717) is 22.6 Å². The number of halogens is 1. The normalized spacial score (nSPS) is 12.2. The molecule has 0 bridgehead atoms. The average molecular weight is 635 g/mol. The SMILES string of the molecule is CC(=O)c1ccc(NC(=O)O[C@H](c2cc(I)ccc2O)[C@@H](CCOC(=O)CS)Oc2ccccc2)cc1. The van der Waals surface area contributed by atoms with Crippen LogP contribution in [0.15, 0.2) is 72.8 Å². The number of phenolic OH excluding ortho intramolecular Hbond substituents is 1. The monoisotopic (exact) mass is 635 g/mol. The minimum Gasteiger partial charge on any atom is -0.508 e. The highest BCUT2D eigenvalue weighted by molar-refractivity contribution is 14.1. The molecule has 0 saturated heterocycles. The van der Waals surface area contributed by atoms with Crippen LogP contribution >= 0.6 is 35.2 Å². The van der Waals surface area contributed by atoms with E-state index in [1.54, 1.807) is 60.7 Å². The van der Waals surface area contributed by atoms with Crippen molar-refractivity contribution in [3.05, 3.63) is 87.5 Å². The number of aromatic hydroxyl groups is 1. The fraction of sp³-hybridized carbons (Fsp3) is 0.222. The number of para-hydroxylation sites is 1. The first kappa shape index (κ1) is 28.3. The van der Waals surface area contributed by atoms with E-state index in [2.05, 4.69) is 40.5 Å². The molecular weight excluding hydrogens is 609 g/mol. The Morgan fingerprint density at radius 1 is 1.03 bits per heavy atom. The highest BCUT2D eigenvalue weighted by Crippen LogP contribution is 2.34. The number of nitrogens with one attached hydrogen (secondary N) is 1. The molecule has 2 atom stereocenters. The van der Waals surface area contributed by atoms with Gasteiger partial charge in [-0.15, -0.1) is 0 Å². The summed E-state index contributed by atoms with van der Waals surface area (Å²) in [5.41, 5.74) is 1.26. The van der Waals surface area contributed by atoms with Crippen LogP contribution in [0.25, 0.3) is 0 Å². The summed E-state index contributed by atoms with van der Waals surface area (Å²) in [7, 11) is 0. The summed E-state index contributed by atoms with van der Waals surface area (Å²) in [4.78, 5) is 36.1. The molecule has 0 saturated carbocycles. The summed E-state index contributed by atoms with van der Waals surface area (Å²) in [6.45, 7) is 1.44. The number of amides is 1. The van der Waals surface area contributed by atoms with Gasteiger partial charge in [0.15, 0.2) is 11.9 Å². The Kier molecular flexibility index (Phi) is 10.6. The molecule has 3 rings (SSSR count). The zero-order chi connectivity index (χ0) is 26.8. The maximum absolute atomic E-state index is 13.0. The highest BCUT2D eigenvalue weighted by Gasteiger charge is 2.32. The molecule has 0 aliphatic heterocycles. The Morgan fingerprint density at radius 2 is 1.73 bits per heavy atom. The molecule has 0 aromatic heterocycles. The van der Waals surface area contributed by atoms with Gasteiger partial charge in [-0.3, -0.25) is 14.9 Å². The van der Waals surface area contributed by atoms with Crippen molar-refractivity contribution in [3.8, 4) is 11.5 Å². The number of anilines is 1. The summed E-state index contributed by atoms with van der Waals surface area (Å²) in [5, 5.41) is 13.3. The summed E-state index contributed by atoms with van der Waals surface area (Å²) < 4.78 is 18.0. The van der Waals surface area contributed by atoms with Crippen molar-refractivity contribution in [1.29, 1.82) is 0 Å². The van der Waals surface area contributed by atoms with Gasteiger partial charge in [0.1, 0.15) is 17.6 Å². The smallest absolute Gasteiger partial charge is 0.412 e. The van der Waals surface area contributed by atoms with Crippen LogP contribution in [-0.2, 0) is 14.3 Å². The van der Waals surface area contributed by atoms with Crippen LogP contribution in [0, 0.1) is 3.57 Å². The lowest BCUT2D eigenvalue weighted by Gasteiger charge is -2.29. The molecule has 0 spiro atoms. The Hall–Kier alpha value is -3.25. The molecule has 0 heterocycles. The van der Waals surface area contributed by atoms with Gasteiger partial charge in [-0.25, -0.2) is 4.79 Å². The van der Waals surface area contributed by atoms with E-state index >= 15 is 0 Å². The third kappa shape index (κ3) is 8.67. The number of thiol groups is 1. The van der Waals surface area contributed by atoms with Crippen molar-refractivity contribution in [1.82, 2.24) is 0 Å². The van der Waals surface area contributed by atoms with Crippen LogP contribution in [0.1, 0.15) is 35.4 Å². The molecule has 194 valence electrons. The van der Waals surface area contributed by atoms with E-state index in [4.69, 9.17) is 14.2 Å². The molecule has 10 heteroatoms. The second-order valence-corrected chi connectivity index (χ2v) is 9.49. The zero-order valence-corrected chi connectivity index (χ0v) is 23.0. The number of benzene rings is 3. The topological polar surface area (TPSA) is 111 Å². The molecule has 8 nitrogen and oxygen atoms in total. The molecule has 0 unspecified atom stereocenters. The lowest BCUT2D eigenvalue weighted by Crippen LogP contribution is -2.32. The number of phenols is 1. The van der Waals surface area contributed by atoms with Crippen LogP contribution in [0.5, 0.6) is 11.5 Å². The second-order valence-electron chi connectivity index (χ2n) is 7.92. The fourth-order valence-electron chi connectivity index (χ4n) is 3.42. The Morgan fingerprint density at radius 3 is 2.38 bits per heavy atom. The van der Waals surface area contributed by atoms with Gasteiger partial charge in [-0.05, 0) is 84.1 Å². The van der Waals surface area contributed by atoms with Crippen molar-refractivity contribution >= 4 is 58.8 Å². The summed E-state index contributed by atoms with van der Waals surface area (Å²) in [6, 6.07) is 20.2. The van der Waals surface area contributed by atoms with Crippen molar-refractivity contribution in [2.24, 2.45) is 0 Å². The first-order chi connectivity index (χ1) is 17.8. The number of esters is 1. The van der Waals surface area contributed by atoms with Gasteiger partial charge < -0.3 is 19.3 Å². The van der Waals surface area contributed by atoms with Gasteiger partial charge in [0.05, 0.1) is 12.4 Å². The summed E-state index contributed by atoms with van der Waals surface area (Å²) in [6.07, 6.45) is -2.54. The number of ether oxygens (including phenoxy) is 3. The maximum Gasteiger partial charge on any atom is 0.412 e. The van der Waals surface area contributed by atoms with E-state index < -0.39 is 24.3 Å². The Bertz CT molecular complexity index is 1220. The third-order valence-electron chi connectivity index (χ3n) is 5.23. The van der Waals surface area contributed by atoms with Gasteiger partial charge in [-0.1, -0.05) is 18.2 Å². The number of ketones is 1. The molecule has 0 aliphatic rings. The van der Waals surface area contributed by atoms with Crippen LogP contribution in [-0.4, -0.2) is 41.4 Å². The van der Waals surface area contributed by atoms with Gasteiger partial charge >= 0.3 is 12.1 Å². The predicted octanol–water partition coefficient (Wildman–Crippen LogP) is 5.80. The molecule has 0 aliphatic carbocycles. The van der Waals surface area contributed by atoms with Crippen molar-refractivity contribution in [2.75, 3.05) is 17.7 Å². The van der Waals surface area contributed by atoms with Crippen LogP contribution < -0.4 is 10.1 Å². The molecule has 0 radical (unpaired) electrons. The van der Waals surface area contributed by atoms with Gasteiger partial charge in [0.2, 0.25) is 0 Å². The first-order valence-corrected chi connectivity index (χ1v) is 13.0. The number of hydrogen-bond donors (Lipinski definition) is 3. The van der Waals surface area contributed by atoms with Crippen LogP contribution in [0.4, 0.5) is 10.5 Å². The highest BCUT2D eigenvalue weighted by atomic mass is 127. The third-order valence-corrected chi connectivity index (χ3v) is 6.16. The molecule has 3 aromatic carbocycles. The van der Waals surface area contributed by atoms with Gasteiger partial charge in [-0.2, -0.15) is 12.6 Å². The molecule has 2 N–H and O–H groups in total. The van der Waals surface area contributed by atoms with Crippen molar-refractivity contribution < 1.29 is 33.7 Å². The lowest BCUT2D eigenvalue weighted by atomic mass is 10.0. The van der Waals surface area contributed by atoms with Crippen LogP contribution in [0.3, 0.4) is 0 Å². The minimum absolute atomic E-state index is 0.0183. The van der Waals surface area contributed by atoms with Crippen molar-refractivity contribution in [2.45, 2.75) is 25.6 Å². The maximum atomic E-state index is 13.0. The fourth-order valence-corrected chi connectivity index (χ4v) is 4.03. The van der Waals surface area contributed by atoms with Gasteiger partial charge in [0, 0.05) is 26.8 Å². The first-order valence-electron chi connectivity index (χ1n) is 11.3. The van der Waals surface area contributed by atoms with Crippen LogP contribution in [0.2, 0.25) is 0 Å². The number of rotatable bonds is 11.